The maximum Gasteiger partial charge on any atom is 0.251 e. The normalized spacial score (nSPS) is 10.8. The SMILES string of the molecule is CCCOc1ccc(/C=C/C(=O)N(Cc2ccccn2)c2ccc(F)cc2)cc1OC. The number of amides is 1. The van der Waals surface area contributed by atoms with Gasteiger partial charge in [0.25, 0.3) is 5.91 Å². The van der Waals surface area contributed by atoms with Crippen molar-refractivity contribution >= 4 is 17.7 Å². The number of carbonyl (C=O) groups excluding carboxylic acids is 1. The van der Waals surface area contributed by atoms with Gasteiger partial charge in [-0.2, -0.15) is 0 Å². The van der Waals surface area contributed by atoms with Gasteiger partial charge in [0.1, 0.15) is 5.82 Å². The zero-order valence-corrected chi connectivity index (χ0v) is 17.6. The highest BCUT2D eigenvalue weighted by molar-refractivity contribution is 6.03. The summed E-state index contributed by atoms with van der Waals surface area (Å²) in [6, 6.07) is 16.8. The van der Waals surface area contributed by atoms with Crippen LogP contribution in [-0.2, 0) is 11.3 Å². The number of halogens is 1. The van der Waals surface area contributed by atoms with E-state index < -0.39 is 0 Å². The van der Waals surface area contributed by atoms with Gasteiger partial charge in [-0.1, -0.05) is 19.1 Å². The van der Waals surface area contributed by atoms with Crippen molar-refractivity contribution in [3.05, 3.63) is 90.0 Å². The molecule has 0 unspecified atom stereocenters. The van der Waals surface area contributed by atoms with Crippen LogP contribution in [0.5, 0.6) is 11.5 Å². The number of benzene rings is 2. The molecule has 1 heterocycles. The predicted octanol–water partition coefficient (Wildman–Crippen LogP) is 5.26. The van der Waals surface area contributed by atoms with Crippen molar-refractivity contribution in [2.24, 2.45) is 0 Å². The summed E-state index contributed by atoms with van der Waals surface area (Å²) in [4.78, 5) is 18.9. The van der Waals surface area contributed by atoms with E-state index in [1.165, 1.54) is 18.2 Å². The van der Waals surface area contributed by atoms with E-state index in [-0.39, 0.29) is 18.3 Å². The highest BCUT2D eigenvalue weighted by Crippen LogP contribution is 2.29. The highest BCUT2D eigenvalue weighted by atomic mass is 19.1. The molecule has 31 heavy (non-hydrogen) atoms. The third-order valence-corrected chi connectivity index (χ3v) is 4.52. The second-order valence-electron chi connectivity index (χ2n) is 6.81. The van der Waals surface area contributed by atoms with Gasteiger partial charge in [0, 0.05) is 18.0 Å². The largest absolute Gasteiger partial charge is 0.493 e. The lowest BCUT2D eigenvalue weighted by Gasteiger charge is -2.21. The Labute approximate surface area is 181 Å². The molecule has 0 saturated heterocycles. The van der Waals surface area contributed by atoms with Crippen LogP contribution in [0.1, 0.15) is 24.6 Å². The van der Waals surface area contributed by atoms with E-state index in [4.69, 9.17) is 9.47 Å². The molecule has 0 aliphatic rings. The van der Waals surface area contributed by atoms with Gasteiger partial charge in [-0.15, -0.1) is 0 Å². The molecule has 0 atom stereocenters. The van der Waals surface area contributed by atoms with Crippen molar-refractivity contribution in [1.82, 2.24) is 4.98 Å². The molecule has 1 aromatic heterocycles. The number of rotatable bonds is 9. The van der Waals surface area contributed by atoms with Gasteiger partial charge in [0.05, 0.1) is 26.0 Å². The lowest BCUT2D eigenvalue weighted by molar-refractivity contribution is -0.114. The smallest absolute Gasteiger partial charge is 0.251 e. The Hall–Kier alpha value is -3.67. The van der Waals surface area contributed by atoms with Crippen molar-refractivity contribution in [3.63, 3.8) is 0 Å². The number of methoxy groups -OCH3 is 1. The maximum absolute atomic E-state index is 13.4. The van der Waals surface area contributed by atoms with Crippen LogP contribution in [0.25, 0.3) is 6.08 Å². The standard InChI is InChI=1S/C25H25FN2O3/c1-3-16-31-23-13-7-19(17-24(23)30-2)8-14-25(29)28(18-21-6-4-5-15-27-21)22-11-9-20(26)10-12-22/h4-15,17H,3,16,18H2,1-2H3/b14-8+. The molecule has 0 spiro atoms. The molecule has 3 rings (SSSR count). The van der Waals surface area contributed by atoms with E-state index in [9.17, 15) is 9.18 Å². The lowest BCUT2D eigenvalue weighted by atomic mass is 10.1. The van der Waals surface area contributed by atoms with Crippen LogP contribution in [0.4, 0.5) is 10.1 Å². The third-order valence-electron chi connectivity index (χ3n) is 4.52. The molecule has 1 amide bonds. The average molecular weight is 420 g/mol. The molecule has 0 bridgehead atoms. The fourth-order valence-corrected chi connectivity index (χ4v) is 2.95. The average Bonchev–Trinajstić information content (AvgIpc) is 2.81. The van der Waals surface area contributed by atoms with E-state index in [0.717, 1.165) is 17.7 Å². The molecule has 0 N–H and O–H groups in total. The summed E-state index contributed by atoms with van der Waals surface area (Å²) < 4.78 is 24.4. The molecule has 5 nitrogen and oxygen atoms in total. The van der Waals surface area contributed by atoms with E-state index in [1.807, 2.05) is 43.3 Å². The molecule has 0 fully saturated rings. The number of pyridine rings is 1. The summed E-state index contributed by atoms with van der Waals surface area (Å²) in [7, 11) is 1.58. The second kappa shape index (κ2) is 10.9. The number of hydrogen-bond acceptors (Lipinski definition) is 4. The summed E-state index contributed by atoms with van der Waals surface area (Å²) in [5.74, 6) is 0.660. The first-order chi connectivity index (χ1) is 15.1. The summed E-state index contributed by atoms with van der Waals surface area (Å²) in [6.07, 6.45) is 5.76. The number of nitrogens with zero attached hydrogens (tertiary/aromatic N) is 2. The van der Waals surface area contributed by atoms with Crippen LogP contribution in [0, 0.1) is 5.82 Å². The van der Waals surface area contributed by atoms with Crippen LogP contribution in [0.3, 0.4) is 0 Å². The Kier molecular flexibility index (Phi) is 7.76. The molecule has 6 heteroatoms. The Morgan fingerprint density at radius 1 is 1.10 bits per heavy atom. The summed E-state index contributed by atoms with van der Waals surface area (Å²) in [5.41, 5.74) is 2.11. The van der Waals surface area contributed by atoms with Gasteiger partial charge in [-0.25, -0.2) is 4.39 Å². The van der Waals surface area contributed by atoms with Crippen LogP contribution >= 0.6 is 0 Å². The zero-order chi connectivity index (χ0) is 22.1. The Morgan fingerprint density at radius 3 is 2.58 bits per heavy atom. The Balaban J connectivity index is 1.82. The van der Waals surface area contributed by atoms with Crippen LogP contribution in [0.15, 0.2) is 72.9 Å². The molecular formula is C25H25FN2O3. The minimum atomic E-state index is -0.359. The van der Waals surface area contributed by atoms with Crippen molar-refractivity contribution in [2.45, 2.75) is 19.9 Å². The second-order valence-corrected chi connectivity index (χ2v) is 6.81. The van der Waals surface area contributed by atoms with Crippen molar-refractivity contribution < 1.29 is 18.7 Å². The fourth-order valence-electron chi connectivity index (χ4n) is 2.95. The van der Waals surface area contributed by atoms with Crippen molar-refractivity contribution in [3.8, 4) is 11.5 Å². The molecule has 0 radical (unpaired) electrons. The quantitative estimate of drug-likeness (QED) is 0.443. The van der Waals surface area contributed by atoms with Crippen molar-refractivity contribution in [1.29, 1.82) is 0 Å². The monoisotopic (exact) mass is 420 g/mol. The first kappa shape index (κ1) is 22.0. The minimum absolute atomic E-state index is 0.248. The van der Waals surface area contributed by atoms with E-state index >= 15 is 0 Å². The first-order valence-electron chi connectivity index (χ1n) is 10.1. The van der Waals surface area contributed by atoms with Gasteiger partial charge >= 0.3 is 0 Å². The van der Waals surface area contributed by atoms with E-state index in [0.29, 0.717) is 23.8 Å². The number of hydrogen-bond donors (Lipinski definition) is 0. The Morgan fingerprint density at radius 2 is 1.90 bits per heavy atom. The van der Waals surface area contributed by atoms with E-state index in [2.05, 4.69) is 4.98 Å². The molecule has 3 aromatic rings. The predicted molar refractivity (Wildman–Crippen MR) is 120 cm³/mol. The number of anilines is 1. The molecule has 160 valence electrons. The van der Waals surface area contributed by atoms with Gasteiger partial charge in [0.2, 0.25) is 0 Å². The van der Waals surface area contributed by atoms with Crippen LogP contribution in [-0.4, -0.2) is 24.6 Å². The van der Waals surface area contributed by atoms with Gasteiger partial charge in [-0.05, 0) is 66.6 Å². The Bertz CT molecular complexity index is 1020. The zero-order valence-electron chi connectivity index (χ0n) is 17.6. The van der Waals surface area contributed by atoms with Crippen LogP contribution < -0.4 is 14.4 Å². The topological polar surface area (TPSA) is 51.7 Å². The number of carbonyl (C=O) groups is 1. The van der Waals surface area contributed by atoms with Crippen LogP contribution in [0.2, 0.25) is 0 Å². The van der Waals surface area contributed by atoms with Gasteiger partial charge in [-0.3, -0.25) is 9.78 Å². The molecule has 2 aromatic carbocycles. The van der Waals surface area contributed by atoms with Gasteiger partial charge < -0.3 is 14.4 Å². The number of aromatic nitrogens is 1. The molecule has 0 saturated carbocycles. The maximum atomic E-state index is 13.4. The highest BCUT2D eigenvalue weighted by Gasteiger charge is 2.15. The molecular weight excluding hydrogens is 395 g/mol. The molecule has 0 aliphatic carbocycles. The van der Waals surface area contributed by atoms with E-state index in [1.54, 1.807) is 36.4 Å². The van der Waals surface area contributed by atoms with Crippen molar-refractivity contribution in [2.75, 3.05) is 18.6 Å². The summed E-state index contributed by atoms with van der Waals surface area (Å²) in [5, 5.41) is 0. The van der Waals surface area contributed by atoms with Gasteiger partial charge in [0.15, 0.2) is 11.5 Å². The molecule has 0 aliphatic heterocycles. The summed E-state index contributed by atoms with van der Waals surface area (Å²) >= 11 is 0. The minimum Gasteiger partial charge on any atom is -0.493 e. The summed E-state index contributed by atoms with van der Waals surface area (Å²) in [6.45, 7) is 2.90. The lowest BCUT2D eigenvalue weighted by Crippen LogP contribution is -2.29. The fraction of sp³-hybridized carbons (Fsp3) is 0.200. The number of ether oxygens (including phenoxy) is 2. The third kappa shape index (κ3) is 6.15. The first-order valence-corrected chi connectivity index (χ1v) is 10.1.